The normalized spacial score (nSPS) is 19.5. The second-order valence-corrected chi connectivity index (χ2v) is 6.52. The van der Waals surface area contributed by atoms with Crippen molar-refractivity contribution in [3.05, 3.63) is 65.2 Å². The van der Waals surface area contributed by atoms with E-state index in [-0.39, 0.29) is 6.10 Å². The number of aliphatic imine (C=N–C) groups is 1. The maximum Gasteiger partial charge on any atom is 0.205 e. The Hall–Kier alpha value is -2.33. The van der Waals surface area contributed by atoms with Crippen molar-refractivity contribution in [2.75, 3.05) is 6.54 Å². The fourth-order valence-corrected chi connectivity index (χ4v) is 2.94. The van der Waals surface area contributed by atoms with Gasteiger partial charge in [0.1, 0.15) is 11.6 Å². The van der Waals surface area contributed by atoms with Gasteiger partial charge in [-0.25, -0.2) is 0 Å². The molecule has 3 rings (SSSR count). The molecule has 0 bridgehead atoms. The van der Waals surface area contributed by atoms with Crippen molar-refractivity contribution in [2.24, 2.45) is 10.7 Å². The summed E-state index contributed by atoms with van der Waals surface area (Å²) in [6.45, 7) is 6.53. The number of ether oxygens (including phenoxy) is 2. The van der Waals surface area contributed by atoms with Crippen molar-refractivity contribution >= 4 is 5.84 Å². The van der Waals surface area contributed by atoms with Gasteiger partial charge in [0.2, 0.25) is 5.79 Å². The summed E-state index contributed by atoms with van der Waals surface area (Å²) in [6.07, 6.45) is 0.837. The summed E-state index contributed by atoms with van der Waals surface area (Å²) in [5, 5.41) is 0. The van der Waals surface area contributed by atoms with Crippen molar-refractivity contribution < 1.29 is 9.47 Å². The number of rotatable bonds is 4. The zero-order chi connectivity index (χ0) is 17.2. The molecule has 1 unspecified atom stereocenters. The van der Waals surface area contributed by atoms with Gasteiger partial charge in [0.25, 0.3) is 0 Å². The van der Waals surface area contributed by atoms with Crippen LogP contribution in [0.1, 0.15) is 43.6 Å². The van der Waals surface area contributed by atoms with Gasteiger partial charge in [-0.05, 0) is 37.1 Å². The molecule has 0 saturated heterocycles. The van der Waals surface area contributed by atoms with E-state index in [4.69, 9.17) is 15.2 Å². The second-order valence-electron chi connectivity index (χ2n) is 6.52. The van der Waals surface area contributed by atoms with E-state index < -0.39 is 5.79 Å². The summed E-state index contributed by atoms with van der Waals surface area (Å²) >= 11 is 0. The average Bonchev–Trinajstić information content (AvgIpc) is 2.54. The van der Waals surface area contributed by atoms with E-state index in [1.54, 1.807) is 0 Å². The van der Waals surface area contributed by atoms with Gasteiger partial charge in [-0.3, -0.25) is 4.99 Å². The van der Waals surface area contributed by atoms with Crippen molar-refractivity contribution in [2.45, 2.75) is 39.1 Å². The third-order valence-corrected chi connectivity index (χ3v) is 4.09. The number of nitrogens with two attached hydrogens (primary N) is 1. The van der Waals surface area contributed by atoms with E-state index in [1.807, 2.05) is 57.2 Å². The van der Waals surface area contributed by atoms with Gasteiger partial charge < -0.3 is 15.2 Å². The zero-order valence-corrected chi connectivity index (χ0v) is 14.5. The minimum atomic E-state index is -0.608. The highest BCUT2D eigenvalue weighted by molar-refractivity contribution is 5.97. The first-order valence-corrected chi connectivity index (χ1v) is 8.29. The topological polar surface area (TPSA) is 56.8 Å². The van der Waals surface area contributed by atoms with Gasteiger partial charge in [0.15, 0.2) is 0 Å². The summed E-state index contributed by atoms with van der Waals surface area (Å²) in [5.41, 5.74) is 9.33. The zero-order valence-electron chi connectivity index (χ0n) is 14.5. The van der Waals surface area contributed by atoms with Crippen molar-refractivity contribution in [1.82, 2.24) is 0 Å². The van der Waals surface area contributed by atoms with Crippen LogP contribution in [0.25, 0.3) is 0 Å². The fourth-order valence-electron chi connectivity index (χ4n) is 2.94. The van der Waals surface area contributed by atoms with Gasteiger partial charge in [-0.1, -0.05) is 30.3 Å². The van der Waals surface area contributed by atoms with Crippen LogP contribution in [-0.2, 0) is 11.2 Å². The second kappa shape index (κ2) is 6.65. The quantitative estimate of drug-likeness (QED) is 0.686. The van der Waals surface area contributed by atoms with E-state index in [9.17, 15) is 0 Å². The summed E-state index contributed by atoms with van der Waals surface area (Å²) in [7, 11) is 0. The first-order chi connectivity index (χ1) is 11.4. The SMILES string of the molecule is CC1OC(C)(C)Oc2ccc(C(N)=NCCc3ccccc3)cc21. The van der Waals surface area contributed by atoms with Crippen LogP contribution in [0, 0.1) is 0 Å². The molecular formula is C20H24N2O2. The lowest BCUT2D eigenvalue weighted by Crippen LogP contribution is -2.37. The first kappa shape index (κ1) is 16.5. The Morgan fingerprint density at radius 3 is 2.67 bits per heavy atom. The minimum Gasteiger partial charge on any atom is -0.463 e. The molecule has 4 heteroatoms. The van der Waals surface area contributed by atoms with E-state index in [1.165, 1.54) is 5.56 Å². The summed E-state index contributed by atoms with van der Waals surface area (Å²) < 4.78 is 11.7. The largest absolute Gasteiger partial charge is 0.463 e. The number of benzene rings is 2. The number of amidine groups is 1. The number of nitrogens with zero attached hydrogens (tertiary/aromatic N) is 1. The molecule has 1 atom stereocenters. The highest BCUT2D eigenvalue weighted by Crippen LogP contribution is 2.38. The summed E-state index contributed by atoms with van der Waals surface area (Å²) in [6, 6.07) is 16.2. The molecule has 24 heavy (non-hydrogen) atoms. The van der Waals surface area contributed by atoms with Crippen molar-refractivity contribution in [3.63, 3.8) is 0 Å². The lowest BCUT2D eigenvalue weighted by atomic mass is 10.0. The number of fused-ring (bicyclic) bond motifs is 1. The molecule has 1 heterocycles. The smallest absolute Gasteiger partial charge is 0.205 e. The average molecular weight is 324 g/mol. The Morgan fingerprint density at radius 1 is 1.17 bits per heavy atom. The van der Waals surface area contributed by atoms with Gasteiger partial charge >= 0.3 is 0 Å². The molecule has 0 amide bonds. The first-order valence-electron chi connectivity index (χ1n) is 8.29. The third-order valence-electron chi connectivity index (χ3n) is 4.09. The summed E-state index contributed by atoms with van der Waals surface area (Å²) in [5.74, 6) is 0.786. The van der Waals surface area contributed by atoms with Crippen molar-refractivity contribution in [1.29, 1.82) is 0 Å². The molecule has 2 aromatic carbocycles. The van der Waals surface area contributed by atoms with Gasteiger partial charge in [-0.2, -0.15) is 0 Å². The van der Waals surface area contributed by atoms with Gasteiger partial charge in [-0.15, -0.1) is 0 Å². The molecule has 0 fully saturated rings. The Balaban J connectivity index is 1.73. The number of hydrogen-bond donors (Lipinski definition) is 1. The molecule has 0 radical (unpaired) electrons. The monoisotopic (exact) mass is 324 g/mol. The number of hydrogen-bond acceptors (Lipinski definition) is 3. The van der Waals surface area contributed by atoms with Crippen LogP contribution in [0.4, 0.5) is 0 Å². The molecule has 0 aromatic heterocycles. The molecule has 0 aliphatic carbocycles. The fraction of sp³-hybridized carbons (Fsp3) is 0.350. The van der Waals surface area contributed by atoms with E-state index >= 15 is 0 Å². The molecule has 126 valence electrons. The van der Waals surface area contributed by atoms with Crippen molar-refractivity contribution in [3.8, 4) is 5.75 Å². The van der Waals surface area contributed by atoms with E-state index in [0.717, 1.165) is 23.3 Å². The van der Waals surface area contributed by atoms with Crippen LogP contribution in [0.15, 0.2) is 53.5 Å². The summed E-state index contributed by atoms with van der Waals surface area (Å²) in [4.78, 5) is 4.51. The predicted octanol–water partition coefficient (Wildman–Crippen LogP) is 3.84. The van der Waals surface area contributed by atoms with Gasteiger partial charge in [0, 0.05) is 31.5 Å². The Labute approximate surface area is 143 Å². The molecule has 1 aliphatic heterocycles. The Kier molecular flexibility index (Phi) is 4.58. The van der Waals surface area contributed by atoms with Crippen LogP contribution >= 0.6 is 0 Å². The highest BCUT2D eigenvalue weighted by Gasteiger charge is 2.32. The highest BCUT2D eigenvalue weighted by atomic mass is 16.7. The lowest BCUT2D eigenvalue weighted by Gasteiger charge is -2.36. The van der Waals surface area contributed by atoms with Crippen LogP contribution < -0.4 is 10.5 Å². The molecule has 0 spiro atoms. The Morgan fingerprint density at radius 2 is 1.92 bits per heavy atom. The van der Waals surface area contributed by atoms with Crippen LogP contribution in [-0.4, -0.2) is 18.2 Å². The van der Waals surface area contributed by atoms with Crippen LogP contribution in [0.3, 0.4) is 0 Å². The maximum atomic E-state index is 6.16. The lowest BCUT2D eigenvalue weighted by molar-refractivity contribution is -0.202. The van der Waals surface area contributed by atoms with Crippen LogP contribution in [0.2, 0.25) is 0 Å². The van der Waals surface area contributed by atoms with E-state index in [2.05, 4.69) is 17.1 Å². The standard InChI is InChI=1S/C20H24N2O2/c1-14-17-13-16(9-10-18(17)24-20(2,3)23-14)19(21)22-12-11-15-7-5-4-6-8-15/h4-10,13-14H,11-12H2,1-3H3,(H2,21,22). The molecule has 2 N–H and O–H groups in total. The molecular weight excluding hydrogens is 300 g/mol. The Bertz CT molecular complexity index is 739. The molecule has 1 aliphatic rings. The molecule has 4 nitrogen and oxygen atoms in total. The maximum absolute atomic E-state index is 6.16. The minimum absolute atomic E-state index is 0.0409. The molecule has 2 aromatic rings. The van der Waals surface area contributed by atoms with Gasteiger partial charge in [0.05, 0.1) is 6.10 Å². The third kappa shape index (κ3) is 3.77. The van der Waals surface area contributed by atoms with E-state index in [0.29, 0.717) is 12.4 Å². The predicted molar refractivity (Wildman–Crippen MR) is 96.4 cm³/mol. The molecule has 0 saturated carbocycles. The van der Waals surface area contributed by atoms with Crippen LogP contribution in [0.5, 0.6) is 5.75 Å².